The first-order valence-electron chi connectivity index (χ1n) is 6.68. The molecule has 2 unspecified atom stereocenters. The lowest BCUT2D eigenvalue weighted by atomic mass is 9.74. The number of methoxy groups -OCH3 is 1. The van der Waals surface area contributed by atoms with Crippen molar-refractivity contribution in [1.29, 1.82) is 0 Å². The largest absolute Gasteiger partial charge is 0.493 e. The van der Waals surface area contributed by atoms with Gasteiger partial charge in [0.1, 0.15) is 5.75 Å². The van der Waals surface area contributed by atoms with Crippen molar-refractivity contribution in [3.63, 3.8) is 0 Å². The molecule has 0 spiro atoms. The van der Waals surface area contributed by atoms with E-state index in [1.807, 2.05) is 31.2 Å². The van der Waals surface area contributed by atoms with E-state index in [2.05, 4.69) is 12.2 Å². The fraction of sp³-hybridized carbons (Fsp3) is 0.533. The standard InChI is InChI=1S/C15H21NO3/c1-4-16-15(9-14(17)18-3)11(2)10-19-13-8-6-5-7-12(13)15/h5-8,11,16H,4,9-10H2,1-3H3. The average molecular weight is 263 g/mol. The van der Waals surface area contributed by atoms with Crippen LogP contribution in [-0.2, 0) is 15.1 Å². The van der Waals surface area contributed by atoms with Gasteiger partial charge in [0.2, 0.25) is 0 Å². The van der Waals surface area contributed by atoms with Crippen molar-refractivity contribution in [2.24, 2.45) is 5.92 Å². The summed E-state index contributed by atoms with van der Waals surface area (Å²) >= 11 is 0. The summed E-state index contributed by atoms with van der Waals surface area (Å²) in [4.78, 5) is 11.8. The van der Waals surface area contributed by atoms with Crippen molar-refractivity contribution in [2.75, 3.05) is 20.3 Å². The lowest BCUT2D eigenvalue weighted by Crippen LogP contribution is -2.53. The fourth-order valence-electron chi connectivity index (χ4n) is 2.80. The number of fused-ring (bicyclic) bond motifs is 1. The maximum atomic E-state index is 11.8. The Morgan fingerprint density at radius 1 is 1.53 bits per heavy atom. The van der Waals surface area contributed by atoms with Crippen LogP contribution in [0.1, 0.15) is 25.8 Å². The summed E-state index contributed by atoms with van der Waals surface area (Å²) in [6.07, 6.45) is 0.318. The third-order valence-corrected chi connectivity index (χ3v) is 3.84. The van der Waals surface area contributed by atoms with Gasteiger partial charge in [-0.2, -0.15) is 0 Å². The van der Waals surface area contributed by atoms with Crippen LogP contribution in [0.15, 0.2) is 24.3 Å². The molecule has 1 heterocycles. The van der Waals surface area contributed by atoms with Crippen LogP contribution < -0.4 is 10.1 Å². The summed E-state index contributed by atoms with van der Waals surface area (Å²) in [5.74, 6) is 0.844. The minimum absolute atomic E-state index is 0.196. The number of esters is 1. The summed E-state index contributed by atoms with van der Waals surface area (Å²) in [6.45, 7) is 5.53. The van der Waals surface area contributed by atoms with Gasteiger partial charge >= 0.3 is 5.97 Å². The van der Waals surface area contributed by atoms with E-state index in [9.17, 15) is 4.79 Å². The highest BCUT2D eigenvalue weighted by molar-refractivity contribution is 5.72. The molecule has 0 radical (unpaired) electrons. The highest BCUT2D eigenvalue weighted by atomic mass is 16.5. The topological polar surface area (TPSA) is 47.6 Å². The fourth-order valence-corrected chi connectivity index (χ4v) is 2.80. The molecule has 0 amide bonds. The van der Waals surface area contributed by atoms with E-state index in [1.54, 1.807) is 0 Å². The van der Waals surface area contributed by atoms with Gasteiger partial charge in [-0.3, -0.25) is 4.79 Å². The van der Waals surface area contributed by atoms with Crippen molar-refractivity contribution in [2.45, 2.75) is 25.8 Å². The van der Waals surface area contributed by atoms with E-state index in [0.29, 0.717) is 13.0 Å². The van der Waals surface area contributed by atoms with Gasteiger partial charge < -0.3 is 14.8 Å². The molecule has 4 heteroatoms. The first-order chi connectivity index (χ1) is 9.14. The van der Waals surface area contributed by atoms with Crippen LogP contribution in [0, 0.1) is 5.92 Å². The van der Waals surface area contributed by atoms with Gasteiger partial charge in [0.25, 0.3) is 0 Å². The molecule has 0 fully saturated rings. The van der Waals surface area contributed by atoms with E-state index < -0.39 is 5.54 Å². The first kappa shape index (κ1) is 13.9. The van der Waals surface area contributed by atoms with Crippen molar-refractivity contribution >= 4 is 5.97 Å². The predicted octanol–water partition coefficient (Wildman–Crippen LogP) is 2.08. The van der Waals surface area contributed by atoms with Crippen LogP contribution in [0.4, 0.5) is 0 Å². The zero-order valence-corrected chi connectivity index (χ0v) is 11.7. The number of rotatable bonds is 4. The monoisotopic (exact) mass is 263 g/mol. The minimum atomic E-state index is -0.406. The predicted molar refractivity (Wildman–Crippen MR) is 73.1 cm³/mol. The highest BCUT2D eigenvalue weighted by Crippen LogP contribution is 2.42. The number of benzene rings is 1. The van der Waals surface area contributed by atoms with Crippen LogP contribution in [0.5, 0.6) is 5.75 Å². The third-order valence-electron chi connectivity index (χ3n) is 3.84. The van der Waals surface area contributed by atoms with Crippen molar-refractivity contribution in [1.82, 2.24) is 5.32 Å². The van der Waals surface area contributed by atoms with E-state index in [-0.39, 0.29) is 11.9 Å². The molecule has 2 rings (SSSR count). The van der Waals surface area contributed by atoms with Gasteiger partial charge in [-0.25, -0.2) is 0 Å². The Balaban J connectivity index is 2.47. The normalized spacial score (nSPS) is 25.3. The zero-order valence-electron chi connectivity index (χ0n) is 11.7. The quantitative estimate of drug-likeness (QED) is 0.845. The zero-order chi connectivity index (χ0) is 13.9. The van der Waals surface area contributed by atoms with E-state index in [4.69, 9.17) is 9.47 Å². The molecule has 1 aliphatic heterocycles. The average Bonchev–Trinajstić information content (AvgIpc) is 2.43. The Bertz CT molecular complexity index is 460. The van der Waals surface area contributed by atoms with Crippen LogP contribution >= 0.6 is 0 Å². The second-order valence-corrected chi connectivity index (χ2v) is 4.96. The van der Waals surface area contributed by atoms with Gasteiger partial charge in [-0.15, -0.1) is 0 Å². The lowest BCUT2D eigenvalue weighted by Gasteiger charge is -2.43. The molecular formula is C15H21NO3. The Morgan fingerprint density at radius 3 is 2.95 bits per heavy atom. The number of nitrogens with one attached hydrogen (secondary N) is 1. The summed E-state index contributed by atoms with van der Waals surface area (Å²) in [5.41, 5.74) is 0.637. The molecule has 2 atom stereocenters. The number of ether oxygens (including phenoxy) is 2. The van der Waals surface area contributed by atoms with Crippen molar-refractivity contribution < 1.29 is 14.3 Å². The molecule has 0 aromatic heterocycles. The SMILES string of the molecule is CCNC1(CC(=O)OC)c2ccccc2OCC1C. The third kappa shape index (κ3) is 2.45. The highest BCUT2D eigenvalue weighted by Gasteiger charge is 2.44. The van der Waals surface area contributed by atoms with E-state index >= 15 is 0 Å². The summed E-state index contributed by atoms with van der Waals surface area (Å²) in [7, 11) is 1.43. The number of hydrogen-bond donors (Lipinski definition) is 1. The first-order valence-corrected chi connectivity index (χ1v) is 6.68. The molecule has 0 saturated heterocycles. The Kier molecular flexibility index (Phi) is 4.10. The Hall–Kier alpha value is -1.55. The molecule has 0 bridgehead atoms. The molecule has 19 heavy (non-hydrogen) atoms. The molecule has 0 aliphatic carbocycles. The number of carbonyl (C=O) groups is 1. The summed E-state index contributed by atoms with van der Waals surface area (Å²) in [5, 5.41) is 3.49. The molecule has 1 aliphatic rings. The molecule has 0 saturated carbocycles. The molecule has 4 nitrogen and oxygen atoms in total. The minimum Gasteiger partial charge on any atom is -0.493 e. The van der Waals surface area contributed by atoms with Gasteiger partial charge in [-0.1, -0.05) is 32.0 Å². The van der Waals surface area contributed by atoms with Crippen LogP contribution in [-0.4, -0.2) is 26.2 Å². The Morgan fingerprint density at radius 2 is 2.26 bits per heavy atom. The summed E-state index contributed by atoms with van der Waals surface area (Å²) < 4.78 is 10.6. The van der Waals surface area contributed by atoms with Crippen molar-refractivity contribution in [3.05, 3.63) is 29.8 Å². The molecule has 104 valence electrons. The van der Waals surface area contributed by atoms with Crippen LogP contribution in [0.2, 0.25) is 0 Å². The van der Waals surface area contributed by atoms with Crippen molar-refractivity contribution in [3.8, 4) is 5.75 Å². The molecule has 1 aromatic carbocycles. The maximum Gasteiger partial charge on any atom is 0.307 e. The van der Waals surface area contributed by atoms with Gasteiger partial charge in [0.15, 0.2) is 0 Å². The molecule has 1 N–H and O–H groups in total. The second-order valence-electron chi connectivity index (χ2n) is 4.96. The smallest absolute Gasteiger partial charge is 0.307 e. The van der Waals surface area contributed by atoms with Crippen LogP contribution in [0.3, 0.4) is 0 Å². The number of carbonyl (C=O) groups excluding carboxylic acids is 1. The summed E-state index contributed by atoms with van der Waals surface area (Å²) in [6, 6.07) is 7.90. The van der Waals surface area contributed by atoms with E-state index in [0.717, 1.165) is 17.9 Å². The van der Waals surface area contributed by atoms with Crippen LogP contribution in [0.25, 0.3) is 0 Å². The Labute approximate surface area is 114 Å². The number of para-hydroxylation sites is 1. The lowest BCUT2D eigenvalue weighted by molar-refractivity contribution is -0.143. The van der Waals surface area contributed by atoms with Gasteiger partial charge in [-0.05, 0) is 12.6 Å². The van der Waals surface area contributed by atoms with Gasteiger partial charge in [0.05, 0.1) is 25.7 Å². The number of hydrogen-bond acceptors (Lipinski definition) is 4. The molecular weight excluding hydrogens is 242 g/mol. The van der Waals surface area contributed by atoms with E-state index in [1.165, 1.54) is 7.11 Å². The van der Waals surface area contributed by atoms with Gasteiger partial charge in [0, 0.05) is 11.5 Å². The maximum absolute atomic E-state index is 11.8. The molecule has 1 aromatic rings. The second kappa shape index (κ2) is 5.61.